The van der Waals surface area contributed by atoms with E-state index in [1.165, 1.54) is 12.8 Å². The molecule has 0 aliphatic heterocycles. The third-order valence-electron chi connectivity index (χ3n) is 2.60. The van der Waals surface area contributed by atoms with Crippen molar-refractivity contribution in [1.82, 2.24) is 10.6 Å². The zero-order valence-corrected chi connectivity index (χ0v) is 8.76. The minimum absolute atomic E-state index is 0.0197. The van der Waals surface area contributed by atoms with Gasteiger partial charge in [0.2, 0.25) is 0 Å². The molecule has 0 aromatic carbocycles. The second-order valence-corrected chi connectivity index (χ2v) is 4.29. The van der Waals surface area contributed by atoms with E-state index in [1.807, 2.05) is 13.8 Å². The van der Waals surface area contributed by atoms with Crippen LogP contribution in [0.25, 0.3) is 0 Å². The molecule has 1 fully saturated rings. The molecule has 2 atom stereocenters. The molecule has 0 spiro atoms. The van der Waals surface area contributed by atoms with Crippen LogP contribution in [0.1, 0.15) is 40.0 Å². The van der Waals surface area contributed by atoms with Gasteiger partial charge in [0.05, 0.1) is 0 Å². The van der Waals surface area contributed by atoms with Gasteiger partial charge in [-0.1, -0.05) is 13.3 Å². The summed E-state index contributed by atoms with van der Waals surface area (Å²) in [6.45, 7) is 6.14. The van der Waals surface area contributed by atoms with Crippen molar-refractivity contribution in [2.24, 2.45) is 5.92 Å². The minimum atomic E-state index is -0.0197. The van der Waals surface area contributed by atoms with Gasteiger partial charge in [-0.15, -0.1) is 0 Å². The number of urea groups is 1. The van der Waals surface area contributed by atoms with Crippen molar-refractivity contribution in [1.29, 1.82) is 0 Å². The Bertz CT molecular complexity index is 180. The first-order valence-electron chi connectivity index (χ1n) is 5.16. The van der Waals surface area contributed by atoms with Crippen molar-refractivity contribution in [2.75, 3.05) is 0 Å². The quantitative estimate of drug-likeness (QED) is 0.676. The molecule has 76 valence electrons. The summed E-state index contributed by atoms with van der Waals surface area (Å²) in [6, 6.07) is 0.587. The first kappa shape index (κ1) is 10.4. The van der Waals surface area contributed by atoms with Gasteiger partial charge in [-0.2, -0.15) is 0 Å². The predicted octanol–water partition coefficient (Wildman–Crippen LogP) is 1.88. The van der Waals surface area contributed by atoms with Crippen molar-refractivity contribution in [3.05, 3.63) is 0 Å². The zero-order valence-electron chi connectivity index (χ0n) is 8.76. The van der Waals surface area contributed by atoms with Gasteiger partial charge in [0.25, 0.3) is 0 Å². The van der Waals surface area contributed by atoms with Gasteiger partial charge in [0.15, 0.2) is 0 Å². The molecular formula is C10H20N2O. The molecule has 2 amide bonds. The fraction of sp³-hybridized carbons (Fsp3) is 0.900. The van der Waals surface area contributed by atoms with Gasteiger partial charge >= 0.3 is 6.03 Å². The van der Waals surface area contributed by atoms with Gasteiger partial charge in [-0.25, -0.2) is 4.79 Å². The van der Waals surface area contributed by atoms with Crippen molar-refractivity contribution in [3.8, 4) is 0 Å². The lowest BCUT2D eigenvalue weighted by atomic mass is 10.1. The number of nitrogens with one attached hydrogen (secondary N) is 2. The Morgan fingerprint density at radius 2 is 2.08 bits per heavy atom. The van der Waals surface area contributed by atoms with Crippen LogP contribution >= 0.6 is 0 Å². The molecule has 1 aliphatic rings. The number of hydrogen-bond donors (Lipinski definition) is 2. The maximum atomic E-state index is 11.3. The molecule has 1 saturated carbocycles. The molecule has 1 aliphatic carbocycles. The SMILES string of the molecule is CC(C)NC(=O)NC1CCCC1C. The van der Waals surface area contributed by atoms with E-state index in [-0.39, 0.29) is 12.1 Å². The van der Waals surface area contributed by atoms with E-state index in [9.17, 15) is 4.79 Å². The Balaban J connectivity index is 2.27. The van der Waals surface area contributed by atoms with Crippen LogP contribution in [0.3, 0.4) is 0 Å². The summed E-state index contributed by atoms with van der Waals surface area (Å²) in [7, 11) is 0. The van der Waals surface area contributed by atoms with Crippen molar-refractivity contribution in [2.45, 2.75) is 52.1 Å². The lowest BCUT2D eigenvalue weighted by molar-refractivity contribution is 0.232. The van der Waals surface area contributed by atoms with Crippen LogP contribution in [-0.4, -0.2) is 18.1 Å². The highest BCUT2D eigenvalue weighted by molar-refractivity contribution is 5.74. The van der Waals surface area contributed by atoms with E-state index in [2.05, 4.69) is 17.6 Å². The van der Waals surface area contributed by atoms with E-state index in [4.69, 9.17) is 0 Å². The second kappa shape index (κ2) is 4.49. The van der Waals surface area contributed by atoms with E-state index in [0.29, 0.717) is 12.0 Å². The Labute approximate surface area is 80.3 Å². The fourth-order valence-corrected chi connectivity index (χ4v) is 1.83. The maximum absolute atomic E-state index is 11.3. The molecule has 1 rings (SSSR count). The Morgan fingerprint density at radius 3 is 2.54 bits per heavy atom. The summed E-state index contributed by atoms with van der Waals surface area (Å²) in [6.07, 6.45) is 3.62. The Kier molecular flexibility index (Phi) is 3.58. The third kappa shape index (κ3) is 3.25. The summed E-state index contributed by atoms with van der Waals surface area (Å²) in [4.78, 5) is 11.3. The van der Waals surface area contributed by atoms with Crippen molar-refractivity contribution in [3.63, 3.8) is 0 Å². The van der Waals surface area contributed by atoms with Crippen LogP contribution in [0.5, 0.6) is 0 Å². The lowest BCUT2D eigenvalue weighted by Crippen LogP contribution is -2.45. The molecule has 2 unspecified atom stereocenters. The molecule has 0 radical (unpaired) electrons. The van der Waals surface area contributed by atoms with Crippen LogP contribution in [0.2, 0.25) is 0 Å². The number of carbonyl (C=O) groups is 1. The largest absolute Gasteiger partial charge is 0.336 e. The molecule has 0 aromatic rings. The standard InChI is InChI=1S/C10H20N2O/c1-7(2)11-10(13)12-9-6-4-5-8(9)3/h7-9H,4-6H2,1-3H3,(H2,11,12,13). The van der Waals surface area contributed by atoms with Gasteiger partial charge in [-0.3, -0.25) is 0 Å². The first-order valence-corrected chi connectivity index (χ1v) is 5.16. The van der Waals surface area contributed by atoms with Gasteiger partial charge in [0.1, 0.15) is 0 Å². The average molecular weight is 184 g/mol. The van der Waals surface area contributed by atoms with Crippen LogP contribution in [0.4, 0.5) is 4.79 Å². The average Bonchev–Trinajstić information content (AvgIpc) is 2.34. The molecule has 3 heteroatoms. The highest BCUT2D eigenvalue weighted by Crippen LogP contribution is 2.24. The fourth-order valence-electron chi connectivity index (χ4n) is 1.83. The van der Waals surface area contributed by atoms with E-state index >= 15 is 0 Å². The predicted molar refractivity (Wildman–Crippen MR) is 53.6 cm³/mol. The minimum Gasteiger partial charge on any atom is -0.336 e. The summed E-state index contributed by atoms with van der Waals surface area (Å²) < 4.78 is 0. The number of amides is 2. The molecule has 0 bridgehead atoms. The molecule has 0 aromatic heterocycles. The third-order valence-corrected chi connectivity index (χ3v) is 2.60. The molecular weight excluding hydrogens is 164 g/mol. The van der Waals surface area contributed by atoms with Gasteiger partial charge in [0, 0.05) is 12.1 Å². The Morgan fingerprint density at radius 1 is 1.38 bits per heavy atom. The van der Waals surface area contributed by atoms with Crippen LogP contribution in [0, 0.1) is 5.92 Å². The summed E-state index contributed by atoms with van der Waals surface area (Å²) >= 11 is 0. The highest BCUT2D eigenvalue weighted by Gasteiger charge is 2.24. The number of rotatable bonds is 2. The Hall–Kier alpha value is -0.730. The van der Waals surface area contributed by atoms with Gasteiger partial charge in [-0.05, 0) is 32.6 Å². The highest BCUT2D eigenvalue weighted by atomic mass is 16.2. The summed E-state index contributed by atoms with van der Waals surface area (Å²) in [5.41, 5.74) is 0. The molecule has 0 saturated heterocycles. The molecule has 13 heavy (non-hydrogen) atoms. The number of carbonyl (C=O) groups excluding carboxylic acids is 1. The maximum Gasteiger partial charge on any atom is 0.315 e. The molecule has 0 heterocycles. The second-order valence-electron chi connectivity index (χ2n) is 4.29. The van der Waals surface area contributed by atoms with Crippen LogP contribution in [-0.2, 0) is 0 Å². The summed E-state index contributed by atoms with van der Waals surface area (Å²) in [5.74, 6) is 0.637. The topological polar surface area (TPSA) is 41.1 Å². The monoisotopic (exact) mass is 184 g/mol. The van der Waals surface area contributed by atoms with Crippen molar-refractivity contribution < 1.29 is 4.79 Å². The first-order chi connectivity index (χ1) is 6.09. The molecule has 3 nitrogen and oxygen atoms in total. The van der Waals surface area contributed by atoms with E-state index < -0.39 is 0 Å². The van der Waals surface area contributed by atoms with Crippen LogP contribution in [0.15, 0.2) is 0 Å². The smallest absolute Gasteiger partial charge is 0.315 e. The number of hydrogen-bond acceptors (Lipinski definition) is 1. The zero-order chi connectivity index (χ0) is 9.84. The van der Waals surface area contributed by atoms with Crippen LogP contribution < -0.4 is 10.6 Å². The summed E-state index contributed by atoms with van der Waals surface area (Å²) in [5, 5.41) is 5.85. The molecule has 2 N–H and O–H groups in total. The van der Waals surface area contributed by atoms with E-state index in [1.54, 1.807) is 0 Å². The van der Waals surface area contributed by atoms with Gasteiger partial charge < -0.3 is 10.6 Å². The normalized spacial score (nSPS) is 27.7. The van der Waals surface area contributed by atoms with E-state index in [0.717, 1.165) is 6.42 Å². The lowest BCUT2D eigenvalue weighted by Gasteiger charge is -2.18. The van der Waals surface area contributed by atoms with Crippen molar-refractivity contribution >= 4 is 6.03 Å².